The summed E-state index contributed by atoms with van der Waals surface area (Å²) in [5, 5.41) is 0.795. The predicted molar refractivity (Wildman–Crippen MR) is 143 cm³/mol. The number of rotatable bonds is 9. The third-order valence-corrected chi connectivity index (χ3v) is 5.85. The predicted octanol–water partition coefficient (Wildman–Crippen LogP) is 6.65. The number of halogens is 1. The van der Waals surface area contributed by atoms with Gasteiger partial charge in [-0.1, -0.05) is 66.8 Å². The molecule has 35 heavy (non-hydrogen) atoms. The smallest absolute Gasteiger partial charge is 0.344 e. The van der Waals surface area contributed by atoms with Crippen LogP contribution in [-0.2, 0) is 6.42 Å². The van der Waals surface area contributed by atoms with Crippen molar-refractivity contribution >= 4 is 26.3 Å². The van der Waals surface area contributed by atoms with Crippen molar-refractivity contribution in [3.63, 3.8) is 0 Å². The molecule has 0 N–H and O–H groups in total. The van der Waals surface area contributed by atoms with Gasteiger partial charge in [-0.3, -0.25) is 4.79 Å². The standard InChI is InChI=1S/C30H28FO3P/c1-4-6-23(19-28(32)25-15-9-20(2)17-27(25)31)8-5-7-22-11-13-24(14-12-22)34-30(33)26-16-10-21(3)18-29(26)35/h4-6,8-18H,1,7,19,35H2,2-3H3/b8-5-,23-6+. The number of hydrogen-bond acceptors (Lipinski definition) is 3. The van der Waals surface area contributed by atoms with Crippen molar-refractivity contribution in [2.45, 2.75) is 26.7 Å². The van der Waals surface area contributed by atoms with Crippen molar-refractivity contribution in [1.29, 1.82) is 0 Å². The largest absolute Gasteiger partial charge is 0.423 e. The zero-order valence-electron chi connectivity index (χ0n) is 19.9. The molecular weight excluding hydrogens is 458 g/mol. The van der Waals surface area contributed by atoms with Crippen LogP contribution in [0.3, 0.4) is 0 Å². The summed E-state index contributed by atoms with van der Waals surface area (Å²) in [6.45, 7) is 7.45. The molecule has 0 radical (unpaired) electrons. The molecule has 0 fully saturated rings. The Labute approximate surface area is 208 Å². The molecule has 0 aliphatic heterocycles. The molecule has 178 valence electrons. The van der Waals surface area contributed by atoms with Gasteiger partial charge in [-0.2, -0.15) is 0 Å². The van der Waals surface area contributed by atoms with Crippen LogP contribution in [0.5, 0.6) is 5.75 Å². The molecule has 0 heterocycles. The average molecular weight is 487 g/mol. The number of benzene rings is 3. The summed E-state index contributed by atoms with van der Waals surface area (Å²) in [5.74, 6) is -0.732. The first-order chi connectivity index (χ1) is 16.8. The lowest BCUT2D eigenvalue weighted by atomic mass is 10.0. The summed E-state index contributed by atoms with van der Waals surface area (Å²) in [4.78, 5) is 25.0. The van der Waals surface area contributed by atoms with E-state index >= 15 is 0 Å². The molecule has 0 amide bonds. The fourth-order valence-corrected chi connectivity index (χ4v) is 4.00. The first-order valence-corrected chi connectivity index (χ1v) is 11.8. The number of carbonyl (C=O) groups excluding carboxylic acids is 2. The summed E-state index contributed by atoms with van der Waals surface area (Å²) in [6.07, 6.45) is 7.82. The van der Waals surface area contributed by atoms with Crippen molar-refractivity contribution in [1.82, 2.24) is 0 Å². The van der Waals surface area contributed by atoms with Crippen molar-refractivity contribution in [3.8, 4) is 5.75 Å². The van der Waals surface area contributed by atoms with E-state index in [-0.39, 0.29) is 17.8 Å². The maximum Gasteiger partial charge on any atom is 0.344 e. The summed E-state index contributed by atoms with van der Waals surface area (Å²) in [5.41, 5.74) is 4.18. The number of aryl methyl sites for hydroxylation is 2. The second-order valence-corrected chi connectivity index (χ2v) is 8.91. The number of ketones is 1. The van der Waals surface area contributed by atoms with E-state index in [4.69, 9.17) is 4.74 Å². The Morgan fingerprint density at radius 1 is 0.971 bits per heavy atom. The van der Waals surface area contributed by atoms with E-state index < -0.39 is 11.8 Å². The van der Waals surface area contributed by atoms with Crippen molar-refractivity contribution in [3.05, 3.63) is 131 Å². The molecule has 0 bridgehead atoms. The minimum absolute atomic E-state index is 0.0775. The molecule has 0 aliphatic rings. The molecular formula is C30H28FO3P. The quantitative estimate of drug-likeness (QED) is 0.112. The first-order valence-electron chi connectivity index (χ1n) is 11.2. The third kappa shape index (κ3) is 7.43. The Hall–Kier alpha value is -3.62. The van der Waals surface area contributed by atoms with Crippen LogP contribution in [0.1, 0.15) is 43.8 Å². The monoisotopic (exact) mass is 486 g/mol. The lowest BCUT2D eigenvalue weighted by Gasteiger charge is -2.08. The topological polar surface area (TPSA) is 43.4 Å². The first kappa shape index (κ1) is 26.0. The van der Waals surface area contributed by atoms with Crippen LogP contribution in [-0.4, -0.2) is 11.8 Å². The number of esters is 1. The van der Waals surface area contributed by atoms with Crippen molar-refractivity contribution < 1.29 is 18.7 Å². The zero-order chi connectivity index (χ0) is 25.4. The van der Waals surface area contributed by atoms with Crippen LogP contribution in [0.15, 0.2) is 97.1 Å². The van der Waals surface area contributed by atoms with Crippen LogP contribution in [0.4, 0.5) is 4.39 Å². The molecule has 1 unspecified atom stereocenters. The maximum absolute atomic E-state index is 14.1. The van der Waals surface area contributed by atoms with Gasteiger partial charge in [-0.25, -0.2) is 9.18 Å². The summed E-state index contributed by atoms with van der Waals surface area (Å²) in [6, 6.07) is 17.4. The van der Waals surface area contributed by atoms with Crippen LogP contribution in [0.25, 0.3) is 0 Å². The van der Waals surface area contributed by atoms with Gasteiger partial charge in [0.1, 0.15) is 11.6 Å². The lowest BCUT2D eigenvalue weighted by Crippen LogP contribution is -2.15. The SMILES string of the molecule is C=C/C=C(\C=C/Cc1ccc(OC(=O)c2ccc(C)cc2P)cc1)CC(=O)c1ccc(C)cc1F. The van der Waals surface area contributed by atoms with Crippen LogP contribution in [0.2, 0.25) is 0 Å². The highest BCUT2D eigenvalue weighted by molar-refractivity contribution is 7.27. The fourth-order valence-electron chi connectivity index (χ4n) is 3.52. The van der Waals surface area contributed by atoms with Crippen LogP contribution >= 0.6 is 9.24 Å². The second kappa shape index (κ2) is 12.2. The van der Waals surface area contributed by atoms with Gasteiger partial charge in [-0.15, -0.1) is 9.24 Å². The van der Waals surface area contributed by atoms with Crippen molar-refractivity contribution in [2.24, 2.45) is 0 Å². The lowest BCUT2D eigenvalue weighted by molar-refractivity contribution is 0.0736. The summed E-state index contributed by atoms with van der Waals surface area (Å²) < 4.78 is 19.6. The number of allylic oxidation sites excluding steroid dienone is 5. The van der Waals surface area contributed by atoms with Crippen LogP contribution < -0.4 is 10.0 Å². The Bertz CT molecular complexity index is 1300. The van der Waals surface area contributed by atoms with Gasteiger partial charge in [0.05, 0.1) is 11.1 Å². The molecule has 5 heteroatoms. The Kier molecular flexibility index (Phi) is 9.05. The Balaban J connectivity index is 1.60. The summed E-state index contributed by atoms with van der Waals surface area (Å²) in [7, 11) is 2.56. The highest BCUT2D eigenvalue weighted by Crippen LogP contribution is 2.18. The molecule has 3 rings (SSSR count). The molecule has 1 atom stereocenters. The van der Waals surface area contributed by atoms with Gasteiger partial charge >= 0.3 is 5.97 Å². The molecule has 0 aliphatic carbocycles. The minimum Gasteiger partial charge on any atom is -0.423 e. The fraction of sp³-hybridized carbons (Fsp3) is 0.133. The van der Waals surface area contributed by atoms with E-state index in [2.05, 4.69) is 15.8 Å². The second-order valence-electron chi connectivity index (χ2n) is 8.29. The van der Waals surface area contributed by atoms with Gasteiger partial charge in [0.25, 0.3) is 0 Å². The van der Waals surface area contributed by atoms with Gasteiger partial charge in [0.2, 0.25) is 0 Å². The summed E-state index contributed by atoms with van der Waals surface area (Å²) >= 11 is 0. The van der Waals surface area contributed by atoms with Gasteiger partial charge in [-0.05, 0) is 72.6 Å². The highest BCUT2D eigenvalue weighted by atomic mass is 31.0. The Morgan fingerprint density at radius 3 is 2.26 bits per heavy atom. The number of ether oxygens (including phenoxy) is 1. The molecule has 0 aromatic heterocycles. The average Bonchev–Trinajstić information content (AvgIpc) is 2.80. The molecule has 3 aromatic rings. The minimum atomic E-state index is -0.506. The molecule has 0 saturated heterocycles. The number of Topliss-reactive ketones (excluding diaryl/α,β-unsaturated/α-hetero) is 1. The number of hydrogen-bond donors (Lipinski definition) is 0. The molecule has 0 spiro atoms. The van der Waals surface area contributed by atoms with Gasteiger partial charge < -0.3 is 4.74 Å². The van der Waals surface area contributed by atoms with E-state index in [9.17, 15) is 14.0 Å². The van der Waals surface area contributed by atoms with E-state index in [1.165, 1.54) is 12.1 Å². The molecule has 3 aromatic carbocycles. The third-order valence-electron chi connectivity index (χ3n) is 5.37. The van der Waals surface area contributed by atoms with Gasteiger partial charge in [0, 0.05) is 6.42 Å². The van der Waals surface area contributed by atoms with E-state index in [1.54, 1.807) is 43.3 Å². The maximum atomic E-state index is 14.1. The highest BCUT2D eigenvalue weighted by Gasteiger charge is 2.13. The van der Waals surface area contributed by atoms with Gasteiger partial charge in [0.15, 0.2) is 5.78 Å². The van der Waals surface area contributed by atoms with E-state index in [0.717, 1.165) is 27.6 Å². The molecule has 0 saturated carbocycles. The van der Waals surface area contributed by atoms with Crippen LogP contribution in [0, 0.1) is 19.7 Å². The zero-order valence-corrected chi connectivity index (χ0v) is 21.0. The Morgan fingerprint density at radius 2 is 1.63 bits per heavy atom. The van der Waals surface area contributed by atoms with Crippen molar-refractivity contribution in [2.75, 3.05) is 0 Å². The van der Waals surface area contributed by atoms with E-state index in [0.29, 0.717) is 17.7 Å². The molecule has 3 nitrogen and oxygen atoms in total. The normalized spacial score (nSPS) is 11.5. The number of carbonyl (C=O) groups is 2. The van der Waals surface area contributed by atoms with E-state index in [1.807, 2.05) is 43.3 Å².